The van der Waals surface area contributed by atoms with Crippen LogP contribution in [0.1, 0.15) is 136 Å². The van der Waals surface area contributed by atoms with Gasteiger partial charge in [-0.15, -0.1) is 0 Å². The molecule has 0 aromatic heterocycles. The molecule has 0 aliphatic heterocycles. The highest BCUT2D eigenvalue weighted by Gasteiger charge is 2.07. The van der Waals surface area contributed by atoms with Crippen molar-refractivity contribution in [2.24, 2.45) is 5.92 Å². The van der Waals surface area contributed by atoms with Crippen molar-refractivity contribution in [3.8, 4) is 0 Å². The van der Waals surface area contributed by atoms with E-state index in [0.29, 0.717) is 12.5 Å². The van der Waals surface area contributed by atoms with Crippen molar-refractivity contribution >= 4 is 5.97 Å². The van der Waals surface area contributed by atoms with E-state index in [2.05, 4.69) is 26.8 Å². The number of hydrogen-bond donors (Lipinski definition) is 0. The van der Waals surface area contributed by atoms with Gasteiger partial charge in [-0.05, 0) is 25.2 Å². The number of unbranched alkanes of at least 4 members (excludes halogenated alkanes) is 14. The molecule has 0 bridgehead atoms. The van der Waals surface area contributed by atoms with Crippen molar-refractivity contribution < 1.29 is 9.53 Å². The zero-order valence-electron chi connectivity index (χ0n) is 20.6. The topological polar surface area (TPSA) is 26.3 Å². The monoisotopic (exact) mass is 420 g/mol. The van der Waals surface area contributed by atoms with E-state index < -0.39 is 0 Å². The highest BCUT2D eigenvalue weighted by molar-refractivity contribution is 5.82. The van der Waals surface area contributed by atoms with Crippen LogP contribution in [0.3, 0.4) is 0 Å². The van der Waals surface area contributed by atoms with Gasteiger partial charge in [-0.1, -0.05) is 135 Å². The number of carbonyl (C=O) groups is 1. The van der Waals surface area contributed by atoms with E-state index in [9.17, 15) is 4.79 Å². The van der Waals surface area contributed by atoms with Crippen molar-refractivity contribution in [1.82, 2.24) is 0 Å². The van der Waals surface area contributed by atoms with Gasteiger partial charge in [-0.2, -0.15) is 0 Å². The summed E-state index contributed by atoms with van der Waals surface area (Å²) in [4.78, 5) is 11.8. The third-order valence-corrected chi connectivity index (χ3v) is 5.96. The summed E-state index contributed by atoms with van der Waals surface area (Å²) in [6, 6.07) is 0. The lowest BCUT2D eigenvalue weighted by atomic mass is 10.0. The molecule has 0 saturated carbocycles. The Bertz CT molecular complexity index is 411. The predicted molar refractivity (Wildman–Crippen MR) is 133 cm³/mol. The fourth-order valence-electron chi connectivity index (χ4n) is 3.74. The molecule has 30 heavy (non-hydrogen) atoms. The summed E-state index contributed by atoms with van der Waals surface area (Å²) in [5.41, 5.74) is 0. The highest BCUT2D eigenvalue weighted by Crippen LogP contribution is 2.14. The minimum absolute atomic E-state index is 0.212. The molecule has 2 nitrogen and oxygen atoms in total. The second-order valence-corrected chi connectivity index (χ2v) is 8.87. The predicted octanol–water partition coefficient (Wildman–Crippen LogP) is 9.34. The second kappa shape index (κ2) is 24.2. The molecule has 0 radical (unpaired) electrons. The maximum absolute atomic E-state index is 11.8. The van der Waals surface area contributed by atoms with Crippen molar-refractivity contribution in [3.05, 3.63) is 24.3 Å². The maximum atomic E-state index is 11.8. The molecular weight excluding hydrogens is 368 g/mol. The summed E-state index contributed by atoms with van der Waals surface area (Å²) in [6.07, 6.45) is 31.4. The largest absolute Gasteiger partial charge is 0.462 e. The normalized spacial score (nSPS) is 12.8. The van der Waals surface area contributed by atoms with Crippen LogP contribution in [-0.2, 0) is 9.53 Å². The molecule has 0 aliphatic carbocycles. The average Bonchev–Trinajstić information content (AvgIpc) is 2.76. The van der Waals surface area contributed by atoms with Crippen molar-refractivity contribution in [3.63, 3.8) is 0 Å². The Morgan fingerprint density at radius 1 is 0.700 bits per heavy atom. The van der Waals surface area contributed by atoms with Crippen LogP contribution in [0, 0.1) is 5.92 Å². The van der Waals surface area contributed by atoms with Gasteiger partial charge in [-0.25, -0.2) is 4.79 Å². The molecule has 0 aromatic rings. The molecule has 0 fully saturated rings. The first kappa shape index (κ1) is 28.9. The summed E-state index contributed by atoms with van der Waals surface area (Å²) in [6.45, 7) is 7.21. The van der Waals surface area contributed by atoms with Crippen LogP contribution < -0.4 is 0 Å². The van der Waals surface area contributed by atoms with E-state index in [4.69, 9.17) is 4.74 Å². The van der Waals surface area contributed by atoms with Crippen LogP contribution in [-0.4, -0.2) is 12.6 Å². The third kappa shape index (κ3) is 21.7. The Morgan fingerprint density at radius 3 is 1.77 bits per heavy atom. The minimum atomic E-state index is -0.212. The van der Waals surface area contributed by atoms with Gasteiger partial charge >= 0.3 is 5.97 Å². The minimum Gasteiger partial charge on any atom is -0.462 e. The Labute approximate surface area is 188 Å². The summed E-state index contributed by atoms with van der Waals surface area (Å²) >= 11 is 0. The lowest BCUT2D eigenvalue weighted by molar-refractivity contribution is -0.139. The lowest BCUT2D eigenvalue weighted by Crippen LogP contribution is -2.12. The van der Waals surface area contributed by atoms with Crippen LogP contribution in [0.4, 0.5) is 0 Å². The molecule has 0 saturated heterocycles. The first-order valence-corrected chi connectivity index (χ1v) is 13.2. The van der Waals surface area contributed by atoms with E-state index in [1.165, 1.54) is 96.3 Å². The van der Waals surface area contributed by atoms with Gasteiger partial charge in [0.15, 0.2) is 0 Å². The standard InChI is InChI=1S/C28H52O2/c1-4-7-9-10-11-12-13-14-15-16-17-18-19-20-21-22-23-25-28(29)30-26-27(6-3)24-8-5-2/h21-23,25,27H,4-20,24,26H2,1-3H3. The smallest absolute Gasteiger partial charge is 0.330 e. The van der Waals surface area contributed by atoms with Crippen molar-refractivity contribution in [2.75, 3.05) is 6.61 Å². The molecule has 0 aliphatic rings. The van der Waals surface area contributed by atoms with E-state index in [0.717, 1.165) is 19.3 Å². The van der Waals surface area contributed by atoms with Crippen molar-refractivity contribution in [1.29, 1.82) is 0 Å². The van der Waals surface area contributed by atoms with Crippen LogP contribution >= 0.6 is 0 Å². The Morgan fingerprint density at radius 2 is 1.23 bits per heavy atom. The first-order chi connectivity index (χ1) is 14.7. The Hall–Kier alpha value is -1.05. The Balaban J connectivity index is 3.44. The molecular formula is C28H52O2. The van der Waals surface area contributed by atoms with Crippen LogP contribution in [0.15, 0.2) is 24.3 Å². The maximum Gasteiger partial charge on any atom is 0.330 e. The molecule has 1 atom stereocenters. The highest BCUT2D eigenvalue weighted by atomic mass is 16.5. The van der Waals surface area contributed by atoms with Gasteiger partial charge in [0.1, 0.15) is 0 Å². The van der Waals surface area contributed by atoms with Gasteiger partial charge in [0.05, 0.1) is 6.61 Å². The zero-order chi connectivity index (χ0) is 22.1. The van der Waals surface area contributed by atoms with E-state index in [1.54, 1.807) is 6.08 Å². The van der Waals surface area contributed by atoms with Gasteiger partial charge in [0, 0.05) is 6.08 Å². The number of hydrogen-bond acceptors (Lipinski definition) is 2. The fraction of sp³-hybridized carbons (Fsp3) is 0.821. The van der Waals surface area contributed by atoms with E-state index in [-0.39, 0.29) is 5.97 Å². The number of esters is 1. The van der Waals surface area contributed by atoms with E-state index in [1.807, 2.05) is 12.2 Å². The first-order valence-electron chi connectivity index (χ1n) is 13.2. The molecule has 1 unspecified atom stereocenters. The molecule has 0 rings (SSSR count). The van der Waals surface area contributed by atoms with E-state index >= 15 is 0 Å². The molecule has 176 valence electrons. The van der Waals surface area contributed by atoms with Crippen molar-refractivity contribution in [2.45, 2.75) is 136 Å². The molecule has 0 amide bonds. The summed E-state index contributed by atoms with van der Waals surface area (Å²) < 4.78 is 5.36. The molecule has 0 spiro atoms. The average molecular weight is 421 g/mol. The van der Waals surface area contributed by atoms with Gasteiger partial charge in [0.25, 0.3) is 0 Å². The molecule has 0 heterocycles. The summed E-state index contributed by atoms with van der Waals surface area (Å²) in [5.74, 6) is 0.295. The Kier molecular flexibility index (Phi) is 23.4. The second-order valence-electron chi connectivity index (χ2n) is 8.87. The van der Waals surface area contributed by atoms with Gasteiger partial charge in [-0.3, -0.25) is 0 Å². The SMILES string of the molecule is CCCCCCCCCCCCCCCC=CC=CC(=O)OCC(CC)CCCC. The quantitative estimate of drug-likeness (QED) is 0.0754. The number of allylic oxidation sites excluding steroid dienone is 3. The number of carbonyl (C=O) groups excluding carboxylic acids is 1. The van der Waals surface area contributed by atoms with Gasteiger partial charge in [0.2, 0.25) is 0 Å². The molecule has 0 aromatic carbocycles. The van der Waals surface area contributed by atoms with Crippen LogP contribution in [0.5, 0.6) is 0 Å². The number of rotatable bonds is 22. The summed E-state index contributed by atoms with van der Waals surface area (Å²) in [5, 5.41) is 0. The number of ether oxygens (including phenoxy) is 1. The fourth-order valence-corrected chi connectivity index (χ4v) is 3.74. The third-order valence-electron chi connectivity index (χ3n) is 5.96. The molecule has 2 heteroatoms. The molecule has 0 N–H and O–H groups in total. The van der Waals surface area contributed by atoms with Crippen LogP contribution in [0.25, 0.3) is 0 Å². The lowest BCUT2D eigenvalue weighted by Gasteiger charge is -2.13. The van der Waals surface area contributed by atoms with Crippen LogP contribution in [0.2, 0.25) is 0 Å². The van der Waals surface area contributed by atoms with Gasteiger partial charge < -0.3 is 4.74 Å². The zero-order valence-corrected chi connectivity index (χ0v) is 20.6. The summed E-state index contributed by atoms with van der Waals surface area (Å²) in [7, 11) is 0.